The maximum absolute atomic E-state index is 12.5. The Balaban J connectivity index is 2.30. The van der Waals surface area contributed by atoms with E-state index in [0.29, 0.717) is 0 Å². The molecule has 0 saturated carbocycles. The Morgan fingerprint density at radius 3 is 2.14 bits per heavy atom. The second-order valence-electron chi connectivity index (χ2n) is 6.11. The highest BCUT2D eigenvalue weighted by atomic mass is 79.9. The number of aryl methyl sites for hydroxylation is 1. The van der Waals surface area contributed by atoms with Crippen LogP contribution in [0.1, 0.15) is 54.2 Å². The summed E-state index contributed by atoms with van der Waals surface area (Å²) >= 11 is 3.46. The largest absolute Gasteiger partial charge is 0.289 e. The average Bonchev–Trinajstić information content (AvgIpc) is 2.49. The van der Waals surface area contributed by atoms with Gasteiger partial charge in [0.2, 0.25) is 0 Å². The number of rotatable bonds is 4. The van der Waals surface area contributed by atoms with Crippen molar-refractivity contribution < 1.29 is 4.79 Å². The summed E-state index contributed by atoms with van der Waals surface area (Å²) in [6.07, 6.45) is 1.08. The molecule has 0 unspecified atom stereocenters. The molecule has 0 aliphatic rings. The maximum Gasteiger partial charge on any atom is 0.193 e. The lowest BCUT2D eigenvalue weighted by Crippen LogP contribution is -2.15. The monoisotopic (exact) mass is 344 g/mol. The van der Waals surface area contributed by atoms with E-state index >= 15 is 0 Å². The van der Waals surface area contributed by atoms with Crippen LogP contribution >= 0.6 is 15.9 Å². The van der Waals surface area contributed by atoms with Crippen LogP contribution in [0, 0.1) is 6.92 Å². The van der Waals surface area contributed by atoms with Crippen molar-refractivity contribution in [2.75, 3.05) is 0 Å². The fourth-order valence-electron chi connectivity index (χ4n) is 2.23. The van der Waals surface area contributed by atoms with Crippen molar-refractivity contribution in [2.24, 2.45) is 0 Å². The topological polar surface area (TPSA) is 17.1 Å². The first-order valence-corrected chi connectivity index (χ1v) is 8.06. The van der Waals surface area contributed by atoms with Crippen molar-refractivity contribution in [1.82, 2.24) is 0 Å². The highest BCUT2D eigenvalue weighted by Gasteiger charge is 2.18. The second-order valence-corrected chi connectivity index (χ2v) is 6.96. The molecule has 0 heterocycles. The molecule has 0 aliphatic heterocycles. The molecule has 0 fully saturated rings. The van der Waals surface area contributed by atoms with Gasteiger partial charge in [0.05, 0.1) is 0 Å². The van der Waals surface area contributed by atoms with E-state index in [-0.39, 0.29) is 11.2 Å². The smallest absolute Gasteiger partial charge is 0.193 e. The van der Waals surface area contributed by atoms with Gasteiger partial charge in [0.25, 0.3) is 0 Å². The molecule has 0 N–H and O–H groups in total. The molecule has 21 heavy (non-hydrogen) atoms. The molecule has 2 heteroatoms. The van der Waals surface area contributed by atoms with E-state index in [0.717, 1.165) is 27.6 Å². The predicted molar refractivity (Wildman–Crippen MR) is 92.1 cm³/mol. The first-order chi connectivity index (χ1) is 9.85. The predicted octanol–water partition coefficient (Wildman–Crippen LogP) is 5.68. The van der Waals surface area contributed by atoms with E-state index in [9.17, 15) is 4.79 Å². The first-order valence-electron chi connectivity index (χ1n) is 7.26. The van der Waals surface area contributed by atoms with E-state index in [1.807, 2.05) is 37.3 Å². The molecular weight excluding hydrogens is 324 g/mol. The standard InChI is InChI=1S/C19H21BrO/c1-5-19(3,4)16-9-6-14(7-10-16)18(21)15-8-11-17(20)13(2)12-15/h6-12H,5H2,1-4H3. The van der Waals surface area contributed by atoms with Gasteiger partial charge in [-0.05, 0) is 48.1 Å². The van der Waals surface area contributed by atoms with Crippen molar-refractivity contribution in [2.45, 2.75) is 39.5 Å². The fourth-order valence-corrected chi connectivity index (χ4v) is 2.48. The SMILES string of the molecule is CCC(C)(C)c1ccc(C(=O)c2ccc(Br)c(C)c2)cc1. The van der Waals surface area contributed by atoms with Crippen LogP contribution < -0.4 is 0 Å². The molecule has 0 atom stereocenters. The summed E-state index contributed by atoms with van der Waals surface area (Å²) in [7, 11) is 0. The molecule has 2 rings (SSSR count). The van der Waals surface area contributed by atoms with Crippen LogP contribution in [0.2, 0.25) is 0 Å². The lowest BCUT2D eigenvalue weighted by molar-refractivity contribution is 0.103. The lowest BCUT2D eigenvalue weighted by Gasteiger charge is -2.23. The molecule has 1 nitrogen and oxygen atoms in total. The quantitative estimate of drug-likeness (QED) is 0.652. The summed E-state index contributed by atoms with van der Waals surface area (Å²) in [5, 5.41) is 0. The molecule has 0 aromatic heterocycles. The minimum Gasteiger partial charge on any atom is -0.289 e. The summed E-state index contributed by atoms with van der Waals surface area (Å²) in [6, 6.07) is 13.7. The highest BCUT2D eigenvalue weighted by Crippen LogP contribution is 2.27. The normalized spacial score (nSPS) is 11.5. The van der Waals surface area contributed by atoms with Gasteiger partial charge in [0, 0.05) is 15.6 Å². The maximum atomic E-state index is 12.5. The average molecular weight is 345 g/mol. The third-order valence-electron chi connectivity index (χ3n) is 4.23. The van der Waals surface area contributed by atoms with Crippen molar-refractivity contribution in [3.63, 3.8) is 0 Å². The van der Waals surface area contributed by atoms with Gasteiger partial charge in [0.1, 0.15) is 0 Å². The van der Waals surface area contributed by atoms with Gasteiger partial charge in [-0.15, -0.1) is 0 Å². The molecule has 0 radical (unpaired) electrons. The lowest BCUT2D eigenvalue weighted by atomic mass is 9.82. The Morgan fingerprint density at radius 2 is 1.62 bits per heavy atom. The first kappa shape index (κ1) is 16.0. The zero-order chi connectivity index (χ0) is 15.6. The summed E-state index contributed by atoms with van der Waals surface area (Å²) in [5.41, 5.74) is 3.97. The van der Waals surface area contributed by atoms with E-state index < -0.39 is 0 Å². The molecule has 0 saturated heterocycles. The molecule has 2 aromatic carbocycles. The van der Waals surface area contributed by atoms with Crippen molar-refractivity contribution in [1.29, 1.82) is 0 Å². The molecule has 2 aromatic rings. The van der Waals surface area contributed by atoms with Gasteiger partial charge in [-0.25, -0.2) is 0 Å². The minimum atomic E-state index is 0.0754. The van der Waals surface area contributed by atoms with E-state index in [1.165, 1.54) is 5.56 Å². The van der Waals surface area contributed by atoms with Gasteiger partial charge in [-0.3, -0.25) is 4.79 Å². The van der Waals surface area contributed by atoms with Gasteiger partial charge < -0.3 is 0 Å². The molecule has 0 bridgehead atoms. The van der Waals surface area contributed by atoms with Crippen LogP contribution in [-0.4, -0.2) is 5.78 Å². The van der Waals surface area contributed by atoms with Crippen LogP contribution in [0.5, 0.6) is 0 Å². The van der Waals surface area contributed by atoms with Crippen LogP contribution in [0.15, 0.2) is 46.9 Å². The number of hydrogen-bond donors (Lipinski definition) is 0. The van der Waals surface area contributed by atoms with E-state index in [4.69, 9.17) is 0 Å². The zero-order valence-corrected chi connectivity index (χ0v) is 14.6. The molecule has 110 valence electrons. The molecule has 0 spiro atoms. The molecule has 0 amide bonds. The van der Waals surface area contributed by atoms with Gasteiger partial charge in [-0.2, -0.15) is 0 Å². The Morgan fingerprint density at radius 1 is 1.05 bits per heavy atom. The number of halogens is 1. The van der Waals surface area contributed by atoms with Gasteiger partial charge in [-0.1, -0.05) is 61.0 Å². The number of ketones is 1. The van der Waals surface area contributed by atoms with Crippen LogP contribution in [-0.2, 0) is 5.41 Å². The van der Waals surface area contributed by atoms with Crippen LogP contribution in [0.25, 0.3) is 0 Å². The second kappa shape index (κ2) is 6.15. The fraction of sp³-hybridized carbons (Fsp3) is 0.316. The van der Waals surface area contributed by atoms with Crippen molar-refractivity contribution >= 4 is 21.7 Å². The Hall–Kier alpha value is -1.41. The third kappa shape index (κ3) is 3.44. The summed E-state index contributed by atoms with van der Waals surface area (Å²) in [4.78, 5) is 12.5. The molecular formula is C19H21BrO. The number of hydrogen-bond acceptors (Lipinski definition) is 1. The Bertz CT molecular complexity index is 654. The highest BCUT2D eigenvalue weighted by molar-refractivity contribution is 9.10. The van der Waals surface area contributed by atoms with E-state index in [2.05, 4.69) is 48.8 Å². The number of carbonyl (C=O) groups excluding carboxylic acids is 1. The van der Waals surface area contributed by atoms with Crippen LogP contribution in [0.3, 0.4) is 0 Å². The summed E-state index contributed by atoms with van der Waals surface area (Å²) in [5.74, 6) is 0.0754. The van der Waals surface area contributed by atoms with Gasteiger partial charge in [0.15, 0.2) is 5.78 Å². The number of benzene rings is 2. The zero-order valence-electron chi connectivity index (χ0n) is 13.0. The Kier molecular flexibility index (Phi) is 4.67. The minimum absolute atomic E-state index is 0.0754. The number of carbonyl (C=O) groups is 1. The summed E-state index contributed by atoms with van der Waals surface area (Å²) in [6.45, 7) is 8.63. The molecule has 0 aliphatic carbocycles. The van der Waals surface area contributed by atoms with Crippen LogP contribution in [0.4, 0.5) is 0 Å². The third-order valence-corrected chi connectivity index (χ3v) is 5.12. The summed E-state index contributed by atoms with van der Waals surface area (Å²) < 4.78 is 1.03. The van der Waals surface area contributed by atoms with Gasteiger partial charge >= 0.3 is 0 Å². The van der Waals surface area contributed by atoms with Crippen molar-refractivity contribution in [3.05, 3.63) is 69.2 Å². The Labute approximate surface area is 135 Å². The van der Waals surface area contributed by atoms with Crippen molar-refractivity contribution in [3.8, 4) is 0 Å². The van der Waals surface area contributed by atoms with E-state index in [1.54, 1.807) is 0 Å².